The van der Waals surface area contributed by atoms with Crippen LogP contribution >= 0.6 is 0 Å². The van der Waals surface area contributed by atoms with Crippen LogP contribution in [-0.4, -0.2) is 44.8 Å². The van der Waals surface area contributed by atoms with E-state index in [0.717, 1.165) is 62.8 Å². The maximum absolute atomic E-state index is 13.3. The van der Waals surface area contributed by atoms with Crippen molar-refractivity contribution in [3.05, 3.63) is 47.1 Å². The second-order valence-corrected chi connectivity index (χ2v) is 16.4. The number of imidazole rings is 2. The van der Waals surface area contributed by atoms with Crippen LogP contribution in [0.25, 0.3) is 11.6 Å². The van der Waals surface area contributed by atoms with Crippen LogP contribution in [0, 0.1) is 0 Å². The minimum atomic E-state index is -0.146. The van der Waals surface area contributed by atoms with Gasteiger partial charge in [-0.25, -0.2) is 9.97 Å². The van der Waals surface area contributed by atoms with Gasteiger partial charge < -0.3 is 20.6 Å². The number of amides is 2. The van der Waals surface area contributed by atoms with Crippen LogP contribution in [0.15, 0.2) is 24.3 Å². The summed E-state index contributed by atoms with van der Waals surface area (Å²) in [5, 5.41) is 6.20. The van der Waals surface area contributed by atoms with E-state index in [0.29, 0.717) is 36.1 Å². The molecule has 2 aromatic heterocycles. The number of hydrogen-bond donors (Lipinski definition) is 4. The molecule has 2 rings (SSSR count). The van der Waals surface area contributed by atoms with Gasteiger partial charge >= 0.3 is 0 Å². The van der Waals surface area contributed by atoms with Crippen molar-refractivity contribution in [2.45, 2.75) is 227 Å². The van der Waals surface area contributed by atoms with Gasteiger partial charge in [0.25, 0.3) is 11.8 Å². The number of aryl methyl sites for hydroxylation is 2. The number of allylic oxidation sites excluding steroid dienone is 4. The van der Waals surface area contributed by atoms with Gasteiger partial charge in [-0.3, -0.25) is 9.59 Å². The summed E-state index contributed by atoms with van der Waals surface area (Å²) < 4.78 is 0. The summed E-state index contributed by atoms with van der Waals surface area (Å²) >= 11 is 0. The lowest BCUT2D eigenvalue weighted by Gasteiger charge is -2.05. The fourth-order valence-corrected chi connectivity index (χ4v) is 7.42. The van der Waals surface area contributed by atoms with Gasteiger partial charge in [0.15, 0.2) is 11.6 Å². The Hall–Kier alpha value is -3.16. The number of aromatic amines is 2. The lowest BCUT2D eigenvalue weighted by molar-refractivity contribution is 0.0939. The molecule has 2 amide bonds. The third-order valence-corrected chi connectivity index (χ3v) is 10.9. The smallest absolute Gasteiger partial charge is 0.271 e. The van der Waals surface area contributed by atoms with Crippen LogP contribution in [0.4, 0.5) is 0 Å². The first-order valence-electron chi connectivity index (χ1n) is 24.1. The molecule has 0 unspecified atom stereocenters. The van der Waals surface area contributed by atoms with Crippen molar-refractivity contribution < 1.29 is 9.59 Å². The molecule has 8 nitrogen and oxygen atoms in total. The van der Waals surface area contributed by atoms with E-state index in [1.54, 1.807) is 0 Å². The Kier molecular flexibility index (Phi) is 30.6. The van der Waals surface area contributed by atoms with Gasteiger partial charge in [-0.2, -0.15) is 0 Å². The van der Waals surface area contributed by atoms with Crippen molar-refractivity contribution in [1.82, 2.24) is 30.6 Å². The monoisotopic (exact) mass is 791 g/mol. The number of H-pyrrole nitrogens is 2. The highest BCUT2D eigenvalue weighted by molar-refractivity contribution is 5.95. The molecule has 0 saturated heterocycles. The van der Waals surface area contributed by atoms with Crippen LogP contribution in [0.2, 0.25) is 0 Å². The van der Waals surface area contributed by atoms with Crippen LogP contribution in [0.1, 0.15) is 246 Å². The number of rotatable bonds is 38. The topological polar surface area (TPSA) is 116 Å². The third-order valence-electron chi connectivity index (χ3n) is 10.9. The summed E-state index contributed by atoms with van der Waals surface area (Å²) in [6, 6.07) is 0. The zero-order chi connectivity index (χ0) is 41.0. The first-order chi connectivity index (χ1) is 28.0. The van der Waals surface area contributed by atoms with Crippen LogP contribution in [-0.2, 0) is 12.8 Å². The summed E-state index contributed by atoms with van der Waals surface area (Å²) in [4.78, 5) is 42.6. The Labute approximate surface area is 349 Å². The van der Waals surface area contributed by atoms with E-state index in [2.05, 4.69) is 72.6 Å². The summed E-state index contributed by atoms with van der Waals surface area (Å²) in [6.45, 7) is 10.0. The fourth-order valence-electron chi connectivity index (χ4n) is 7.42. The van der Waals surface area contributed by atoms with E-state index in [1.165, 1.54) is 148 Å². The van der Waals surface area contributed by atoms with Gasteiger partial charge in [0, 0.05) is 24.5 Å². The fraction of sp³-hybridized carbons (Fsp3) is 0.755. The second kappa shape index (κ2) is 34.8. The van der Waals surface area contributed by atoms with Crippen LogP contribution in [0.5, 0.6) is 0 Å². The molecule has 4 N–H and O–H groups in total. The highest BCUT2D eigenvalue weighted by Gasteiger charge is 2.22. The van der Waals surface area contributed by atoms with Gasteiger partial charge in [-0.05, 0) is 77.0 Å². The van der Waals surface area contributed by atoms with E-state index in [1.807, 2.05) is 0 Å². The largest absolute Gasteiger partial charge is 0.351 e. The molecule has 2 heterocycles. The number of carbonyl (C=O) groups excluding carboxylic acids is 2. The molecule has 0 aromatic carbocycles. The van der Waals surface area contributed by atoms with Crippen LogP contribution < -0.4 is 10.6 Å². The molecule has 0 radical (unpaired) electrons. The summed E-state index contributed by atoms with van der Waals surface area (Å²) in [7, 11) is 0. The quantitative estimate of drug-likeness (QED) is 0.0400. The normalized spacial score (nSPS) is 11.7. The molecule has 0 aliphatic carbocycles. The highest BCUT2D eigenvalue weighted by atomic mass is 16.2. The molecule has 0 aliphatic heterocycles. The van der Waals surface area contributed by atoms with Crippen molar-refractivity contribution in [3.8, 4) is 11.6 Å². The Morgan fingerprint density at radius 3 is 1.04 bits per heavy atom. The standard InChI is InChI=1S/C49H86N6O2/c1-5-9-11-13-15-17-19-21-23-25-27-29-31-33-35-37-41-51-49(57)45-43(39-8-4)53-47(55-45)46-52-42(38-7-3)44(54-46)48(56)50-40-36-34-32-30-28-26-24-22-20-18-16-14-12-10-6-2/h20-23H,5-19,24-41H2,1-4H3,(H,50,56)(H,51,57)(H,52,54)(H,53,55). The van der Waals surface area contributed by atoms with Gasteiger partial charge in [0.05, 0.1) is 0 Å². The van der Waals surface area contributed by atoms with E-state index >= 15 is 0 Å². The molecule has 0 fully saturated rings. The average molecular weight is 791 g/mol. The molecule has 0 bridgehead atoms. The molecular formula is C49H86N6O2. The predicted molar refractivity (Wildman–Crippen MR) is 243 cm³/mol. The summed E-state index contributed by atoms with van der Waals surface area (Å²) in [6.07, 6.45) is 46.7. The van der Waals surface area contributed by atoms with Gasteiger partial charge in [0.1, 0.15) is 11.4 Å². The third kappa shape index (κ3) is 23.7. The van der Waals surface area contributed by atoms with Crippen molar-refractivity contribution in [3.63, 3.8) is 0 Å². The maximum Gasteiger partial charge on any atom is 0.271 e. The van der Waals surface area contributed by atoms with Gasteiger partial charge in [-0.15, -0.1) is 0 Å². The van der Waals surface area contributed by atoms with Crippen molar-refractivity contribution >= 4 is 11.8 Å². The molecule has 324 valence electrons. The second-order valence-electron chi connectivity index (χ2n) is 16.4. The minimum Gasteiger partial charge on any atom is -0.351 e. The number of carbonyl (C=O) groups is 2. The lowest BCUT2D eigenvalue weighted by atomic mass is 10.1. The Morgan fingerprint density at radius 2 is 0.719 bits per heavy atom. The van der Waals surface area contributed by atoms with E-state index in [4.69, 9.17) is 9.97 Å². The van der Waals surface area contributed by atoms with Crippen molar-refractivity contribution in [2.24, 2.45) is 0 Å². The number of unbranched alkanes of at least 4 members (excludes halogenated alkanes) is 23. The molecular weight excluding hydrogens is 705 g/mol. The predicted octanol–water partition coefficient (Wildman–Crippen LogP) is 13.8. The summed E-state index contributed by atoms with van der Waals surface area (Å²) in [5.74, 6) is 0.727. The van der Waals surface area contributed by atoms with Crippen molar-refractivity contribution in [1.29, 1.82) is 0 Å². The molecule has 8 heteroatoms. The molecule has 0 saturated carbocycles. The lowest BCUT2D eigenvalue weighted by Crippen LogP contribution is -2.26. The molecule has 2 aromatic rings. The zero-order valence-corrected chi connectivity index (χ0v) is 37.4. The number of aromatic nitrogens is 4. The maximum atomic E-state index is 13.3. The molecule has 0 aliphatic rings. The number of hydrogen-bond acceptors (Lipinski definition) is 4. The first-order valence-corrected chi connectivity index (χ1v) is 24.1. The van der Waals surface area contributed by atoms with Crippen LogP contribution in [0.3, 0.4) is 0 Å². The minimum absolute atomic E-state index is 0.146. The molecule has 57 heavy (non-hydrogen) atoms. The summed E-state index contributed by atoms with van der Waals surface area (Å²) in [5.41, 5.74) is 2.49. The number of nitrogens with zero attached hydrogens (tertiary/aromatic N) is 2. The van der Waals surface area contributed by atoms with Crippen molar-refractivity contribution in [2.75, 3.05) is 13.1 Å². The van der Waals surface area contributed by atoms with E-state index in [9.17, 15) is 9.59 Å². The van der Waals surface area contributed by atoms with Gasteiger partial charge in [-0.1, -0.05) is 174 Å². The Balaban J connectivity index is 1.68. The molecule has 0 atom stereocenters. The van der Waals surface area contributed by atoms with E-state index in [-0.39, 0.29) is 11.8 Å². The highest BCUT2D eigenvalue weighted by Crippen LogP contribution is 2.21. The first kappa shape index (κ1) is 50.0. The zero-order valence-electron chi connectivity index (χ0n) is 37.4. The SMILES string of the molecule is CCCCCCCC=CCCCCCCCCNC(=O)c1nc(-c2nc(C(=O)NCCCCCCCCC=CCCCCCCCC)c(CCC)[nH]2)[nH]c1CCC. The Morgan fingerprint density at radius 1 is 0.421 bits per heavy atom. The average Bonchev–Trinajstić information content (AvgIpc) is 3.84. The Bertz CT molecular complexity index is 1340. The molecule has 0 spiro atoms. The van der Waals surface area contributed by atoms with E-state index < -0.39 is 0 Å². The number of nitrogens with one attached hydrogen (secondary N) is 4. The van der Waals surface area contributed by atoms with Gasteiger partial charge in [0.2, 0.25) is 0 Å².